The van der Waals surface area contributed by atoms with Gasteiger partial charge in [0, 0.05) is 24.8 Å². The number of aromatic nitrogens is 2. The fourth-order valence-electron chi connectivity index (χ4n) is 2.49. The number of carbonyl (C=O) groups excluding carboxylic acids is 2. The summed E-state index contributed by atoms with van der Waals surface area (Å²) in [7, 11) is 3.17. The molecule has 0 aromatic carbocycles. The van der Waals surface area contributed by atoms with Gasteiger partial charge in [0.2, 0.25) is 5.91 Å². The van der Waals surface area contributed by atoms with E-state index in [0.717, 1.165) is 17.0 Å². The third kappa shape index (κ3) is 3.24. The first kappa shape index (κ1) is 15.5. The highest BCUT2D eigenvalue weighted by Crippen LogP contribution is 2.15. The topological polar surface area (TPSA) is 73.7 Å². The molecule has 1 fully saturated rings. The Labute approximate surface area is 123 Å². The van der Waals surface area contributed by atoms with Crippen molar-refractivity contribution in [3.8, 4) is 0 Å². The van der Waals surface area contributed by atoms with Crippen LogP contribution in [-0.4, -0.2) is 59.5 Å². The van der Waals surface area contributed by atoms with Crippen LogP contribution >= 0.6 is 0 Å². The van der Waals surface area contributed by atoms with E-state index in [1.807, 2.05) is 20.9 Å². The van der Waals surface area contributed by atoms with E-state index < -0.39 is 12.1 Å². The van der Waals surface area contributed by atoms with Crippen molar-refractivity contribution in [2.75, 3.05) is 26.8 Å². The lowest BCUT2D eigenvalue weighted by Gasteiger charge is -2.31. The lowest BCUT2D eigenvalue weighted by molar-refractivity contribution is -0.162. The minimum atomic E-state index is -0.691. The van der Waals surface area contributed by atoms with Crippen LogP contribution in [0.4, 0.5) is 0 Å². The summed E-state index contributed by atoms with van der Waals surface area (Å²) < 4.78 is 11.8. The number of hydrogen-bond acceptors (Lipinski definition) is 5. The molecule has 1 aromatic heterocycles. The Morgan fingerprint density at radius 2 is 2.14 bits per heavy atom. The second kappa shape index (κ2) is 6.26. The average molecular weight is 295 g/mol. The number of ether oxygens (including phenoxy) is 2. The molecule has 7 nitrogen and oxygen atoms in total. The molecule has 0 aliphatic carbocycles. The first-order valence-electron chi connectivity index (χ1n) is 6.90. The van der Waals surface area contributed by atoms with E-state index in [1.54, 1.807) is 9.58 Å². The van der Waals surface area contributed by atoms with E-state index in [9.17, 15) is 9.59 Å². The van der Waals surface area contributed by atoms with Gasteiger partial charge < -0.3 is 14.4 Å². The van der Waals surface area contributed by atoms with Crippen LogP contribution in [0.25, 0.3) is 0 Å². The molecule has 0 saturated carbocycles. The molecule has 1 amide bonds. The van der Waals surface area contributed by atoms with Crippen molar-refractivity contribution in [2.45, 2.75) is 26.4 Å². The van der Waals surface area contributed by atoms with Crippen LogP contribution in [0.15, 0.2) is 0 Å². The molecule has 21 heavy (non-hydrogen) atoms. The molecule has 0 N–H and O–H groups in total. The molecule has 2 rings (SSSR count). The van der Waals surface area contributed by atoms with E-state index in [4.69, 9.17) is 4.74 Å². The van der Waals surface area contributed by atoms with Gasteiger partial charge in [0.1, 0.15) is 0 Å². The van der Waals surface area contributed by atoms with Gasteiger partial charge in [0.15, 0.2) is 6.10 Å². The van der Waals surface area contributed by atoms with Gasteiger partial charge in [-0.1, -0.05) is 0 Å². The number of rotatable bonds is 3. The number of hydrogen-bond donors (Lipinski definition) is 0. The molecular weight excluding hydrogens is 274 g/mol. The lowest BCUT2D eigenvalue weighted by Crippen LogP contribution is -2.49. The van der Waals surface area contributed by atoms with Crippen LogP contribution in [-0.2, 0) is 32.5 Å². The summed E-state index contributed by atoms with van der Waals surface area (Å²) in [5.41, 5.74) is 2.79. The Bertz CT molecular complexity index is 553. The first-order chi connectivity index (χ1) is 9.93. The predicted molar refractivity (Wildman–Crippen MR) is 74.7 cm³/mol. The monoisotopic (exact) mass is 295 g/mol. The summed E-state index contributed by atoms with van der Waals surface area (Å²) in [6.45, 7) is 4.91. The summed E-state index contributed by atoms with van der Waals surface area (Å²) in [6.07, 6.45) is -0.400. The molecule has 1 aromatic rings. The SMILES string of the molecule is COC(=O)C1CN(C(=O)Cc2c(C)nn(C)c2C)CCO1. The van der Waals surface area contributed by atoms with Crippen LogP contribution in [0.1, 0.15) is 17.0 Å². The number of methoxy groups -OCH3 is 1. The highest BCUT2D eigenvalue weighted by Gasteiger charge is 2.30. The van der Waals surface area contributed by atoms with Crippen molar-refractivity contribution in [3.05, 3.63) is 17.0 Å². The Morgan fingerprint density at radius 3 is 2.71 bits per heavy atom. The van der Waals surface area contributed by atoms with Crippen molar-refractivity contribution in [3.63, 3.8) is 0 Å². The maximum atomic E-state index is 12.4. The molecule has 1 saturated heterocycles. The zero-order chi connectivity index (χ0) is 15.6. The molecule has 1 aliphatic rings. The Morgan fingerprint density at radius 1 is 1.43 bits per heavy atom. The van der Waals surface area contributed by atoms with Gasteiger partial charge in [0.05, 0.1) is 32.4 Å². The molecular formula is C14H21N3O4. The molecule has 1 unspecified atom stereocenters. The largest absolute Gasteiger partial charge is 0.467 e. The van der Waals surface area contributed by atoms with Gasteiger partial charge >= 0.3 is 5.97 Å². The van der Waals surface area contributed by atoms with Crippen LogP contribution < -0.4 is 0 Å². The molecule has 2 heterocycles. The summed E-state index contributed by atoms with van der Waals surface area (Å²) in [6, 6.07) is 0. The number of nitrogens with zero attached hydrogens (tertiary/aromatic N) is 3. The molecule has 1 atom stereocenters. The molecule has 0 bridgehead atoms. The zero-order valence-corrected chi connectivity index (χ0v) is 12.9. The quantitative estimate of drug-likeness (QED) is 0.733. The highest BCUT2D eigenvalue weighted by molar-refractivity contribution is 5.81. The van der Waals surface area contributed by atoms with Gasteiger partial charge in [-0.2, -0.15) is 5.10 Å². The van der Waals surface area contributed by atoms with Crippen LogP contribution in [0.2, 0.25) is 0 Å². The fraction of sp³-hybridized carbons (Fsp3) is 0.643. The molecule has 116 valence electrons. The van der Waals surface area contributed by atoms with Crippen molar-refractivity contribution >= 4 is 11.9 Å². The minimum Gasteiger partial charge on any atom is -0.467 e. The van der Waals surface area contributed by atoms with Gasteiger partial charge in [-0.25, -0.2) is 4.79 Å². The highest BCUT2D eigenvalue weighted by atomic mass is 16.6. The van der Waals surface area contributed by atoms with E-state index >= 15 is 0 Å². The van der Waals surface area contributed by atoms with Crippen LogP contribution in [0.3, 0.4) is 0 Å². The Hall–Kier alpha value is -1.89. The lowest BCUT2D eigenvalue weighted by atomic mass is 10.1. The molecule has 0 radical (unpaired) electrons. The van der Waals surface area contributed by atoms with E-state index in [-0.39, 0.29) is 12.5 Å². The van der Waals surface area contributed by atoms with Crippen LogP contribution in [0, 0.1) is 13.8 Å². The van der Waals surface area contributed by atoms with Crippen molar-refractivity contribution in [1.82, 2.24) is 14.7 Å². The van der Waals surface area contributed by atoms with Gasteiger partial charge in [-0.15, -0.1) is 0 Å². The first-order valence-corrected chi connectivity index (χ1v) is 6.90. The Balaban J connectivity index is 2.04. The second-order valence-corrected chi connectivity index (χ2v) is 5.17. The molecule has 0 spiro atoms. The van der Waals surface area contributed by atoms with Gasteiger partial charge in [-0.3, -0.25) is 9.48 Å². The predicted octanol–water partition coefficient (Wildman–Crippen LogP) is -0.0202. The van der Waals surface area contributed by atoms with Gasteiger partial charge in [-0.05, 0) is 13.8 Å². The Kier molecular flexibility index (Phi) is 4.62. The van der Waals surface area contributed by atoms with E-state index in [2.05, 4.69) is 9.84 Å². The fourth-order valence-corrected chi connectivity index (χ4v) is 2.49. The van der Waals surface area contributed by atoms with E-state index in [1.165, 1.54) is 7.11 Å². The maximum absolute atomic E-state index is 12.4. The zero-order valence-electron chi connectivity index (χ0n) is 12.9. The minimum absolute atomic E-state index is 0.0218. The smallest absolute Gasteiger partial charge is 0.336 e. The molecule has 7 heteroatoms. The summed E-state index contributed by atoms with van der Waals surface area (Å²) in [4.78, 5) is 25.6. The second-order valence-electron chi connectivity index (χ2n) is 5.17. The van der Waals surface area contributed by atoms with Crippen molar-refractivity contribution < 1.29 is 19.1 Å². The average Bonchev–Trinajstić information content (AvgIpc) is 2.73. The summed E-state index contributed by atoms with van der Waals surface area (Å²) in [5.74, 6) is -0.465. The maximum Gasteiger partial charge on any atom is 0.336 e. The third-order valence-corrected chi connectivity index (χ3v) is 3.87. The third-order valence-electron chi connectivity index (χ3n) is 3.87. The summed E-state index contributed by atoms with van der Waals surface area (Å²) in [5, 5.41) is 4.31. The number of esters is 1. The summed E-state index contributed by atoms with van der Waals surface area (Å²) >= 11 is 0. The van der Waals surface area contributed by atoms with Crippen molar-refractivity contribution in [2.24, 2.45) is 7.05 Å². The number of amides is 1. The number of carbonyl (C=O) groups is 2. The normalized spacial score (nSPS) is 18.7. The van der Waals surface area contributed by atoms with Crippen molar-refractivity contribution in [1.29, 1.82) is 0 Å². The molecule has 1 aliphatic heterocycles. The number of aryl methyl sites for hydroxylation is 2. The van der Waals surface area contributed by atoms with E-state index in [0.29, 0.717) is 19.6 Å². The number of morpholine rings is 1. The standard InChI is InChI=1S/C14H21N3O4/c1-9-11(10(2)16(3)15-9)7-13(18)17-5-6-21-12(8-17)14(19)20-4/h12H,5-8H2,1-4H3. The van der Waals surface area contributed by atoms with Crippen LogP contribution in [0.5, 0.6) is 0 Å². The van der Waals surface area contributed by atoms with Gasteiger partial charge in [0.25, 0.3) is 0 Å².